The third-order valence-electron chi connectivity index (χ3n) is 2.92. The van der Waals surface area contributed by atoms with E-state index in [-0.39, 0.29) is 12.2 Å². The Kier molecular flexibility index (Phi) is 3.91. The van der Waals surface area contributed by atoms with Gasteiger partial charge in [0.2, 0.25) is 0 Å². The third kappa shape index (κ3) is 2.73. The highest BCUT2D eigenvalue weighted by Crippen LogP contribution is 2.32. The van der Waals surface area contributed by atoms with Crippen molar-refractivity contribution >= 4 is 5.82 Å². The van der Waals surface area contributed by atoms with E-state index in [2.05, 4.69) is 4.98 Å². The topological polar surface area (TPSA) is 45.6 Å². The highest BCUT2D eigenvalue weighted by molar-refractivity contribution is 5.45. The monoisotopic (exact) mass is 240 g/mol. The van der Waals surface area contributed by atoms with Crippen LogP contribution in [-0.2, 0) is 11.3 Å². The molecular weight excluding hydrogens is 223 g/mol. The molecule has 1 saturated carbocycles. The first-order valence-corrected chi connectivity index (χ1v) is 5.77. The van der Waals surface area contributed by atoms with E-state index in [0.29, 0.717) is 25.0 Å². The highest BCUT2D eigenvalue weighted by atomic mass is 19.1. The van der Waals surface area contributed by atoms with Crippen LogP contribution in [0.4, 0.5) is 10.2 Å². The van der Waals surface area contributed by atoms with E-state index < -0.39 is 5.82 Å². The second kappa shape index (κ2) is 5.42. The maximum Gasteiger partial charge on any atom is 0.171 e. The number of hydrogen-bond acceptors (Lipinski definition) is 4. The number of anilines is 1. The second-order valence-electron chi connectivity index (χ2n) is 4.18. The van der Waals surface area contributed by atoms with Crippen LogP contribution in [0.3, 0.4) is 0 Å². The molecule has 0 amide bonds. The highest BCUT2D eigenvalue weighted by Gasteiger charge is 2.31. The molecule has 1 aliphatic carbocycles. The minimum Gasteiger partial charge on any atom is -0.392 e. The van der Waals surface area contributed by atoms with Gasteiger partial charge in [0, 0.05) is 31.5 Å². The van der Waals surface area contributed by atoms with Crippen molar-refractivity contribution in [2.75, 3.05) is 25.2 Å². The van der Waals surface area contributed by atoms with Gasteiger partial charge in [0.05, 0.1) is 13.2 Å². The lowest BCUT2D eigenvalue weighted by Crippen LogP contribution is -2.31. The van der Waals surface area contributed by atoms with Crippen molar-refractivity contribution in [3.63, 3.8) is 0 Å². The number of halogens is 1. The largest absolute Gasteiger partial charge is 0.392 e. The van der Waals surface area contributed by atoms with Crippen molar-refractivity contribution in [2.24, 2.45) is 0 Å². The predicted molar refractivity (Wildman–Crippen MR) is 62.4 cm³/mol. The van der Waals surface area contributed by atoms with Gasteiger partial charge < -0.3 is 14.7 Å². The summed E-state index contributed by atoms with van der Waals surface area (Å²) in [7, 11) is 1.62. The third-order valence-corrected chi connectivity index (χ3v) is 2.92. The van der Waals surface area contributed by atoms with E-state index in [9.17, 15) is 4.39 Å². The molecule has 0 radical (unpaired) electrons. The Morgan fingerprint density at radius 1 is 1.59 bits per heavy atom. The SMILES string of the molecule is COCCN(c1nccc(CO)c1F)C1CC1. The number of hydrogen-bond donors (Lipinski definition) is 1. The van der Waals surface area contributed by atoms with Gasteiger partial charge in [-0.25, -0.2) is 9.37 Å². The lowest BCUT2D eigenvalue weighted by atomic mass is 10.2. The van der Waals surface area contributed by atoms with Gasteiger partial charge in [0.25, 0.3) is 0 Å². The number of rotatable bonds is 6. The van der Waals surface area contributed by atoms with Crippen LogP contribution in [0.5, 0.6) is 0 Å². The summed E-state index contributed by atoms with van der Waals surface area (Å²) < 4.78 is 19.1. The second-order valence-corrected chi connectivity index (χ2v) is 4.18. The molecule has 0 aromatic carbocycles. The van der Waals surface area contributed by atoms with Crippen molar-refractivity contribution in [1.82, 2.24) is 4.98 Å². The van der Waals surface area contributed by atoms with E-state index in [0.717, 1.165) is 12.8 Å². The zero-order valence-electron chi connectivity index (χ0n) is 9.90. The van der Waals surface area contributed by atoms with Gasteiger partial charge in [0.15, 0.2) is 11.6 Å². The molecule has 1 aromatic rings. The Bertz CT molecular complexity index is 383. The molecule has 1 N–H and O–H groups in total. The molecule has 0 aliphatic heterocycles. The number of pyridine rings is 1. The van der Waals surface area contributed by atoms with Crippen LogP contribution in [0.1, 0.15) is 18.4 Å². The Morgan fingerprint density at radius 2 is 2.35 bits per heavy atom. The molecule has 0 unspecified atom stereocenters. The zero-order chi connectivity index (χ0) is 12.3. The molecule has 1 fully saturated rings. The Labute approximate surface area is 100 Å². The van der Waals surface area contributed by atoms with E-state index in [1.165, 1.54) is 12.3 Å². The quantitative estimate of drug-likeness (QED) is 0.814. The fourth-order valence-electron chi connectivity index (χ4n) is 1.83. The zero-order valence-corrected chi connectivity index (χ0v) is 9.90. The molecule has 0 atom stereocenters. The summed E-state index contributed by atoms with van der Waals surface area (Å²) in [6.07, 6.45) is 3.66. The molecule has 0 bridgehead atoms. The van der Waals surface area contributed by atoms with Crippen LogP contribution in [0.2, 0.25) is 0 Å². The van der Waals surface area contributed by atoms with E-state index in [1.54, 1.807) is 7.11 Å². The molecule has 1 aliphatic rings. The smallest absolute Gasteiger partial charge is 0.171 e. The molecule has 17 heavy (non-hydrogen) atoms. The Morgan fingerprint density at radius 3 is 2.94 bits per heavy atom. The fourth-order valence-corrected chi connectivity index (χ4v) is 1.83. The van der Waals surface area contributed by atoms with Gasteiger partial charge in [-0.15, -0.1) is 0 Å². The lowest BCUT2D eigenvalue weighted by Gasteiger charge is -2.24. The average Bonchev–Trinajstić information content (AvgIpc) is 3.16. The number of aromatic nitrogens is 1. The summed E-state index contributed by atoms with van der Waals surface area (Å²) in [6, 6.07) is 1.86. The van der Waals surface area contributed by atoms with Crippen molar-refractivity contribution in [3.8, 4) is 0 Å². The first kappa shape index (κ1) is 12.3. The number of nitrogens with zero attached hydrogens (tertiary/aromatic N) is 2. The van der Waals surface area contributed by atoms with Gasteiger partial charge in [-0.1, -0.05) is 0 Å². The van der Waals surface area contributed by atoms with Crippen molar-refractivity contribution in [1.29, 1.82) is 0 Å². The molecular formula is C12H17FN2O2. The summed E-state index contributed by atoms with van der Waals surface area (Å²) >= 11 is 0. The molecule has 0 saturated heterocycles. The summed E-state index contributed by atoms with van der Waals surface area (Å²) in [5.41, 5.74) is 0.290. The first-order valence-electron chi connectivity index (χ1n) is 5.77. The fraction of sp³-hybridized carbons (Fsp3) is 0.583. The summed E-state index contributed by atoms with van der Waals surface area (Å²) in [6.45, 7) is 0.866. The number of aliphatic hydroxyl groups is 1. The van der Waals surface area contributed by atoms with Crippen LogP contribution in [-0.4, -0.2) is 36.4 Å². The van der Waals surface area contributed by atoms with Crippen LogP contribution >= 0.6 is 0 Å². The predicted octanol–water partition coefficient (Wildman–Crippen LogP) is 1.33. The van der Waals surface area contributed by atoms with Crippen molar-refractivity contribution < 1.29 is 14.2 Å². The summed E-state index contributed by atoms with van der Waals surface area (Å²) in [4.78, 5) is 6.01. The standard InChI is InChI=1S/C12H17FN2O2/c1-17-7-6-15(10-2-3-10)12-11(13)9(8-16)4-5-14-12/h4-5,10,16H,2-3,6-8H2,1H3. The average molecular weight is 240 g/mol. The van der Waals surface area contributed by atoms with Gasteiger partial charge in [0.1, 0.15) is 0 Å². The normalized spacial score (nSPS) is 15.0. The van der Waals surface area contributed by atoms with Gasteiger partial charge in [-0.05, 0) is 18.9 Å². The molecule has 94 valence electrons. The van der Waals surface area contributed by atoms with E-state index >= 15 is 0 Å². The molecule has 0 spiro atoms. The van der Waals surface area contributed by atoms with Gasteiger partial charge in [-0.3, -0.25) is 0 Å². The molecule has 1 aromatic heterocycles. The first-order chi connectivity index (χ1) is 8.27. The van der Waals surface area contributed by atoms with Crippen molar-refractivity contribution in [2.45, 2.75) is 25.5 Å². The van der Waals surface area contributed by atoms with E-state index in [1.807, 2.05) is 4.90 Å². The minimum absolute atomic E-state index is 0.290. The summed E-state index contributed by atoms with van der Waals surface area (Å²) in [5.74, 6) is -0.0888. The minimum atomic E-state index is -0.419. The molecule has 5 heteroatoms. The van der Waals surface area contributed by atoms with Crippen LogP contribution in [0, 0.1) is 5.82 Å². The van der Waals surface area contributed by atoms with Crippen LogP contribution < -0.4 is 4.90 Å². The van der Waals surface area contributed by atoms with Gasteiger partial charge in [-0.2, -0.15) is 0 Å². The van der Waals surface area contributed by atoms with Crippen LogP contribution in [0.25, 0.3) is 0 Å². The number of ether oxygens (including phenoxy) is 1. The molecule has 4 nitrogen and oxygen atoms in total. The Balaban J connectivity index is 2.22. The number of methoxy groups -OCH3 is 1. The maximum absolute atomic E-state index is 14.0. The molecule has 2 rings (SSSR count). The lowest BCUT2D eigenvalue weighted by molar-refractivity contribution is 0.204. The summed E-state index contributed by atoms with van der Waals surface area (Å²) in [5, 5.41) is 9.04. The van der Waals surface area contributed by atoms with Crippen molar-refractivity contribution in [3.05, 3.63) is 23.6 Å². The molecule has 1 heterocycles. The maximum atomic E-state index is 14.0. The number of aliphatic hydroxyl groups excluding tert-OH is 1. The van der Waals surface area contributed by atoms with E-state index in [4.69, 9.17) is 9.84 Å². The van der Waals surface area contributed by atoms with Crippen LogP contribution in [0.15, 0.2) is 12.3 Å². The Hall–Kier alpha value is -1.20. The van der Waals surface area contributed by atoms with Gasteiger partial charge >= 0.3 is 0 Å².